The van der Waals surface area contributed by atoms with Crippen molar-refractivity contribution in [2.75, 3.05) is 0 Å². The zero-order chi connectivity index (χ0) is 8.12. The Morgan fingerprint density at radius 1 is 1.10 bits per heavy atom. The normalized spacial score (nSPS) is 4.90. The summed E-state index contributed by atoms with van der Waals surface area (Å²) in [5.74, 6) is 0. The summed E-state index contributed by atoms with van der Waals surface area (Å²) in [6, 6.07) is 0. The third-order valence-corrected chi connectivity index (χ3v) is 0.167. The van der Waals surface area contributed by atoms with Crippen LogP contribution in [0.15, 0.2) is 0 Å². The van der Waals surface area contributed by atoms with Gasteiger partial charge in [-0.1, -0.05) is 41.0 Å². The summed E-state index contributed by atoms with van der Waals surface area (Å²) in [5, 5.41) is 0. The molecule has 0 saturated heterocycles. The van der Waals surface area contributed by atoms with Crippen LogP contribution in [0.5, 0.6) is 0 Å². The van der Waals surface area contributed by atoms with E-state index in [0.717, 1.165) is 6.29 Å². The lowest BCUT2D eigenvalue weighted by atomic mass is 10.6. The second-order valence-corrected chi connectivity index (χ2v) is 1.28. The molecule has 0 aliphatic carbocycles. The lowest BCUT2D eigenvalue weighted by Gasteiger charge is -1.51. The smallest absolute Gasteiger partial charge is 0.119 e. The molecular formula is C8H20BO. The third-order valence-electron chi connectivity index (χ3n) is 0.167. The standard InChI is InChI=1S/C3H6O.C3H8.C2H6.B/c1-2-3-4;1-3-2;1-2;/h3H,2H2,1H3;3H2,1-2H3;1-2H3;. The van der Waals surface area contributed by atoms with Crippen molar-refractivity contribution in [3.63, 3.8) is 0 Å². The van der Waals surface area contributed by atoms with Crippen molar-refractivity contribution in [2.24, 2.45) is 0 Å². The fraction of sp³-hybridized carbons (Fsp3) is 0.875. The Bertz CT molecular complexity index is 30.4. The van der Waals surface area contributed by atoms with E-state index in [0.29, 0.717) is 6.42 Å². The van der Waals surface area contributed by atoms with Crippen LogP contribution in [0.3, 0.4) is 0 Å². The van der Waals surface area contributed by atoms with Gasteiger partial charge in [-0.3, -0.25) is 0 Å². The van der Waals surface area contributed by atoms with Crippen LogP contribution in [0.25, 0.3) is 0 Å². The largest absolute Gasteiger partial charge is 0.303 e. The van der Waals surface area contributed by atoms with Crippen molar-refractivity contribution in [2.45, 2.75) is 47.5 Å². The van der Waals surface area contributed by atoms with Gasteiger partial charge in [0.25, 0.3) is 0 Å². The van der Waals surface area contributed by atoms with Crippen molar-refractivity contribution >= 4 is 14.7 Å². The van der Waals surface area contributed by atoms with Gasteiger partial charge >= 0.3 is 0 Å². The van der Waals surface area contributed by atoms with E-state index in [1.807, 2.05) is 20.8 Å². The van der Waals surface area contributed by atoms with Crippen LogP contribution in [0.1, 0.15) is 47.5 Å². The SMILES string of the molecule is CC.CCC.CCC=O.[B]. The quantitative estimate of drug-likeness (QED) is 0.407. The Labute approximate surface area is 67.8 Å². The molecule has 0 aliphatic heterocycles. The minimum atomic E-state index is 0. The Morgan fingerprint density at radius 3 is 1.20 bits per heavy atom. The molecule has 0 N–H and O–H groups in total. The van der Waals surface area contributed by atoms with Crippen LogP contribution >= 0.6 is 0 Å². The van der Waals surface area contributed by atoms with E-state index in [2.05, 4.69) is 13.8 Å². The first-order chi connectivity index (χ1) is 4.33. The van der Waals surface area contributed by atoms with Crippen molar-refractivity contribution < 1.29 is 4.79 Å². The molecule has 0 aromatic carbocycles. The lowest BCUT2D eigenvalue weighted by molar-refractivity contribution is -0.107. The maximum Gasteiger partial charge on any atom is 0.119 e. The van der Waals surface area contributed by atoms with Crippen molar-refractivity contribution in [1.29, 1.82) is 0 Å². The van der Waals surface area contributed by atoms with Gasteiger partial charge in [-0.25, -0.2) is 0 Å². The number of carbonyl (C=O) groups excluding carboxylic acids is 1. The van der Waals surface area contributed by atoms with Crippen LogP contribution in [-0.2, 0) is 4.79 Å². The number of hydrogen-bond acceptors (Lipinski definition) is 1. The van der Waals surface area contributed by atoms with Crippen molar-refractivity contribution in [1.82, 2.24) is 0 Å². The van der Waals surface area contributed by atoms with E-state index < -0.39 is 0 Å². The summed E-state index contributed by atoms with van der Waals surface area (Å²) in [6.07, 6.45) is 2.76. The Hall–Kier alpha value is -0.265. The monoisotopic (exact) mass is 143 g/mol. The zero-order valence-corrected chi connectivity index (χ0v) is 7.98. The van der Waals surface area contributed by atoms with Crippen LogP contribution in [0.2, 0.25) is 0 Å². The molecule has 0 aromatic heterocycles. The Balaban J connectivity index is -0.0000000273. The molecule has 0 bridgehead atoms. The van der Waals surface area contributed by atoms with Crippen molar-refractivity contribution in [3.05, 3.63) is 0 Å². The summed E-state index contributed by atoms with van der Waals surface area (Å²) in [7, 11) is 0. The molecule has 0 aliphatic rings. The van der Waals surface area contributed by atoms with E-state index in [4.69, 9.17) is 0 Å². The number of hydrogen-bond donors (Lipinski definition) is 0. The highest BCUT2D eigenvalue weighted by molar-refractivity contribution is 5.75. The van der Waals surface area contributed by atoms with Gasteiger partial charge in [0.1, 0.15) is 6.29 Å². The number of aldehydes is 1. The van der Waals surface area contributed by atoms with Crippen LogP contribution in [0.4, 0.5) is 0 Å². The molecule has 1 nitrogen and oxygen atoms in total. The third kappa shape index (κ3) is 650. The molecule has 61 valence electrons. The molecule has 2 heteroatoms. The molecule has 0 atom stereocenters. The average Bonchev–Trinajstić information content (AvgIpc) is 1.94. The summed E-state index contributed by atoms with van der Waals surface area (Å²) in [5.41, 5.74) is 0. The number of carbonyl (C=O) groups is 1. The lowest BCUT2D eigenvalue weighted by Crippen LogP contribution is -1.55. The molecule has 0 saturated carbocycles. The molecule has 0 spiro atoms. The highest BCUT2D eigenvalue weighted by Crippen LogP contribution is 1.56. The van der Waals surface area contributed by atoms with E-state index in [1.54, 1.807) is 0 Å². The maximum atomic E-state index is 9.17. The molecule has 3 radical (unpaired) electrons. The summed E-state index contributed by atoms with van der Waals surface area (Å²) in [4.78, 5) is 9.17. The molecule has 0 unspecified atom stereocenters. The van der Waals surface area contributed by atoms with Gasteiger partial charge in [0.15, 0.2) is 0 Å². The Kier molecular flexibility index (Phi) is 158. The van der Waals surface area contributed by atoms with Gasteiger partial charge in [-0.15, -0.1) is 0 Å². The molecular weight excluding hydrogens is 123 g/mol. The van der Waals surface area contributed by atoms with E-state index in [1.165, 1.54) is 6.42 Å². The summed E-state index contributed by atoms with van der Waals surface area (Å²) >= 11 is 0. The first kappa shape index (κ1) is 22.6. The second-order valence-electron chi connectivity index (χ2n) is 1.28. The van der Waals surface area contributed by atoms with Crippen LogP contribution in [0, 0.1) is 0 Å². The van der Waals surface area contributed by atoms with E-state index in [9.17, 15) is 4.79 Å². The highest BCUT2D eigenvalue weighted by atomic mass is 16.1. The van der Waals surface area contributed by atoms with Crippen LogP contribution < -0.4 is 0 Å². The highest BCUT2D eigenvalue weighted by Gasteiger charge is 1.52. The molecule has 0 rings (SSSR count). The fourth-order valence-corrected chi connectivity index (χ4v) is 0. The second kappa shape index (κ2) is 69.9. The first-order valence-electron chi connectivity index (χ1n) is 3.77. The van der Waals surface area contributed by atoms with Gasteiger partial charge in [-0.2, -0.15) is 0 Å². The molecule has 0 heterocycles. The van der Waals surface area contributed by atoms with Gasteiger partial charge in [0.2, 0.25) is 0 Å². The van der Waals surface area contributed by atoms with Gasteiger partial charge in [0.05, 0.1) is 0 Å². The molecule has 10 heavy (non-hydrogen) atoms. The molecule has 0 aromatic rings. The van der Waals surface area contributed by atoms with E-state index >= 15 is 0 Å². The van der Waals surface area contributed by atoms with E-state index in [-0.39, 0.29) is 8.41 Å². The summed E-state index contributed by atoms with van der Waals surface area (Å²) in [6.45, 7) is 10.1. The zero-order valence-electron chi connectivity index (χ0n) is 7.98. The minimum absolute atomic E-state index is 0. The molecule has 0 amide bonds. The predicted octanol–water partition coefficient (Wildman–Crippen LogP) is 2.66. The fourth-order valence-electron chi connectivity index (χ4n) is 0. The first-order valence-corrected chi connectivity index (χ1v) is 3.77. The Morgan fingerprint density at radius 2 is 1.20 bits per heavy atom. The maximum absolute atomic E-state index is 9.17. The average molecular weight is 143 g/mol. The topological polar surface area (TPSA) is 17.1 Å². The molecule has 0 fully saturated rings. The van der Waals surface area contributed by atoms with Crippen molar-refractivity contribution in [3.8, 4) is 0 Å². The van der Waals surface area contributed by atoms with Gasteiger partial charge < -0.3 is 4.79 Å². The number of rotatable bonds is 1. The minimum Gasteiger partial charge on any atom is -0.303 e. The van der Waals surface area contributed by atoms with Gasteiger partial charge in [0, 0.05) is 14.8 Å². The summed E-state index contributed by atoms with van der Waals surface area (Å²) < 4.78 is 0. The predicted molar refractivity (Wildman–Crippen MR) is 49.4 cm³/mol. The van der Waals surface area contributed by atoms with Crippen LogP contribution in [-0.4, -0.2) is 14.7 Å². The van der Waals surface area contributed by atoms with Gasteiger partial charge in [-0.05, 0) is 0 Å².